The lowest BCUT2D eigenvalue weighted by atomic mass is 10.4. The maximum Gasteiger partial charge on any atom is 0.189 e. The summed E-state index contributed by atoms with van der Waals surface area (Å²) in [6.45, 7) is 3.96. The van der Waals surface area contributed by atoms with E-state index >= 15 is 0 Å². The molecule has 0 unspecified atom stereocenters. The van der Waals surface area contributed by atoms with Crippen molar-refractivity contribution < 1.29 is 0 Å². The third-order valence-corrected chi connectivity index (χ3v) is 2.01. The molecule has 0 spiro atoms. The number of nitrogens with zero attached hydrogens (tertiary/aromatic N) is 2. The van der Waals surface area contributed by atoms with Crippen LogP contribution in [0.3, 0.4) is 0 Å². The lowest BCUT2D eigenvalue weighted by molar-refractivity contribution is 0.960. The topological polar surface area (TPSA) is 51.8 Å². The molecule has 0 fully saturated rings. The lowest BCUT2D eigenvalue weighted by Gasteiger charge is -1.99. The van der Waals surface area contributed by atoms with E-state index in [9.17, 15) is 0 Å². The van der Waals surface area contributed by atoms with Crippen LogP contribution in [-0.4, -0.2) is 15.7 Å². The Hall–Kier alpha value is -0.770. The quantitative estimate of drug-likeness (QED) is 0.538. The van der Waals surface area contributed by atoms with E-state index < -0.39 is 0 Å². The number of anilines is 1. The molecule has 1 heterocycles. The van der Waals surface area contributed by atoms with Crippen LogP contribution in [0.5, 0.6) is 0 Å². The summed E-state index contributed by atoms with van der Waals surface area (Å²) in [6.07, 6.45) is 1.75. The van der Waals surface area contributed by atoms with Gasteiger partial charge >= 0.3 is 0 Å². The van der Waals surface area contributed by atoms with Gasteiger partial charge in [-0.2, -0.15) is 0 Å². The summed E-state index contributed by atoms with van der Waals surface area (Å²) in [5, 5.41) is 0.760. The van der Waals surface area contributed by atoms with Gasteiger partial charge in [-0.1, -0.05) is 18.7 Å². The normalized spacial score (nSPS) is 10.0. The van der Waals surface area contributed by atoms with Crippen molar-refractivity contribution in [1.82, 2.24) is 9.97 Å². The molecule has 2 N–H and O–H groups in total. The fraction of sp³-hybridized carbons (Fsp3) is 0.429. The summed E-state index contributed by atoms with van der Waals surface area (Å²) in [7, 11) is 0. The lowest BCUT2D eigenvalue weighted by Crippen LogP contribution is -1.97. The highest BCUT2D eigenvalue weighted by Gasteiger charge is 1.98. The summed E-state index contributed by atoms with van der Waals surface area (Å²) >= 11 is 1.60. The third kappa shape index (κ3) is 2.08. The molecule has 0 saturated carbocycles. The molecule has 0 aromatic carbocycles. The summed E-state index contributed by atoms with van der Waals surface area (Å²) in [5.74, 6) is 1.55. The average molecular weight is 169 g/mol. The van der Waals surface area contributed by atoms with Gasteiger partial charge in [-0.25, -0.2) is 9.97 Å². The van der Waals surface area contributed by atoms with Gasteiger partial charge in [0.05, 0.1) is 0 Å². The molecule has 0 aliphatic rings. The van der Waals surface area contributed by atoms with Crippen LogP contribution < -0.4 is 5.73 Å². The Bertz CT molecular complexity index is 249. The van der Waals surface area contributed by atoms with Crippen LogP contribution in [0.2, 0.25) is 0 Å². The van der Waals surface area contributed by atoms with Gasteiger partial charge in [0.25, 0.3) is 0 Å². The molecule has 4 heteroatoms. The Kier molecular flexibility index (Phi) is 2.70. The second-order valence-corrected chi connectivity index (χ2v) is 3.39. The van der Waals surface area contributed by atoms with Gasteiger partial charge in [0, 0.05) is 11.8 Å². The molecule has 0 radical (unpaired) electrons. The Labute approximate surface area is 70.4 Å². The molecule has 0 aliphatic heterocycles. The van der Waals surface area contributed by atoms with Crippen molar-refractivity contribution in [3.63, 3.8) is 0 Å². The second kappa shape index (κ2) is 3.57. The van der Waals surface area contributed by atoms with E-state index in [1.807, 2.05) is 6.92 Å². The van der Waals surface area contributed by atoms with Gasteiger partial charge in [-0.3, -0.25) is 0 Å². The van der Waals surface area contributed by atoms with Gasteiger partial charge in [-0.15, -0.1) is 0 Å². The van der Waals surface area contributed by atoms with Crippen molar-refractivity contribution in [3.05, 3.63) is 11.8 Å². The molecule has 1 aromatic rings. The van der Waals surface area contributed by atoms with E-state index in [4.69, 9.17) is 5.73 Å². The molecule has 60 valence electrons. The minimum absolute atomic E-state index is 0.580. The van der Waals surface area contributed by atoms with E-state index in [0.29, 0.717) is 5.82 Å². The van der Waals surface area contributed by atoms with Crippen LogP contribution in [0, 0.1) is 6.92 Å². The number of hydrogen-bond donors (Lipinski definition) is 1. The Balaban J connectivity index is 2.86. The Morgan fingerprint density at radius 3 is 2.91 bits per heavy atom. The van der Waals surface area contributed by atoms with Gasteiger partial charge in [0.2, 0.25) is 0 Å². The van der Waals surface area contributed by atoms with Crippen molar-refractivity contribution in [2.45, 2.75) is 19.0 Å². The van der Waals surface area contributed by atoms with Crippen molar-refractivity contribution >= 4 is 17.6 Å². The van der Waals surface area contributed by atoms with Gasteiger partial charge in [0.1, 0.15) is 5.82 Å². The fourth-order valence-corrected chi connectivity index (χ4v) is 1.19. The number of rotatable bonds is 2. The van der Waals surface area contributed by atoms with Crippen LogP contribution in [0.15, 0.2) is 11.4 Å². The monoisotopic (exact) mass is 169 g/mol. The molecule has 1 rings (SSSR count). The van der Waals surface area contributed by atoms with Gasteiger partial charge in [-0.05, 0) is 12.7 Å². The zero-order valence-corrected chi connectivity index (χ0v) is 7.48. The van der Waals surface area contributed by atoms with Crippen molar-refractivity contribution in [2.24, 2.45) is 0 Å². The minimum atomic E-state index is 0.580. The standard InChI is InChI=1S/C7H11N3S/c1-3-11-7-9-4-5(2)6(8)10-7/h4H,3H2,1-2H3,(H2,8,9,10). The predicted molar refractivity (Wildman–Crippen MR) is 47.6 cm³/mol. The first-order valence-electron chi connectivity index (χ1n) is 3.46. The first-order chi connectivity index (χ1) is 5.24. The van der Waals surface area contributed by atoms with Crippen molar-refractivity contribution in [2.75, 3.05) is 11.5 Å². The van der Waals surface area contributed by atoms with Crippen LogP contribution in [0.1, 0.15) is 12.5 Å². The number of thioether (sulfide) groups is 1. The smallest absolute Gasteiger partial charge is 0.189 e. The molecule has 0 saturated heterocycles. The highest BCUT2D eigenvalue weighted by molar-refractivity contribution is 7.99. The molecule has 0 aliphatic carbocycles. The maximum absolute atomic E-state index is 5.59. The van der Waals surface area contributed by atoms with Crippen molar-refractivity contribution in [3.8, 4) is 0 Å². The first kappa shape index (κ1) is 8.33. The van der Waals surface area contributed by atoms with Crippen LogP contribution >= 0.6 is 11.8 Å². The highest BCUT2D eigenvalue weighted by atomic mass is 32.2. The fourth-order valence-electron chi connectivity index (χ4n) is 0.637. The van der Waals surface area contributed by atoms with E-state index in [0.717, 1.165) is 16.5 Å². The van der Waals surface area contributed by atoms with Crippen LogP contribution in [0.25, 0.3) is 0 Å². The zero-order valence-electron chi connectivity index (χ0n) is 6.66. The number of nitrogens with two attached hydrogens (primary N) is 1. The maximum atomic E-state index is 5.59. The molecule has 0 bridgehead atoms. The Morgan fingerprint density at radius 2 is 2.36 bits per heavy atom. The SMILES string of the molecule is CCSc1ncc(C)c(N)n1. The summed E-state index contributed by atoms with van der Waals surface area (Å²) in [5.41, 5.74) is 6.52. The summed E-state index contributed by atoms with van der Waals surface area (Å²) < 4.78 is 0. The first-order valence-corrected chi connectivity index (χ1v) is 4.44. The summed E-state index contributed by atoms with van der Waals surface area (Å²) in [4.78, 5) is 8.19. The van der Waals surface area contributed by atoms with Gasteiger partial charge < -0.3 is 5.73 Å². The highest BCUT2D eigenvalue weighted by Crippen LogP contribution is 2.14. The Morgan fingerprint density at radius 1 is 1.64 bits per heavy atom. The van der Waals surface area contributed by atoms with E-state index in [1.54, 1.807) is 18.0 Å². The minimum Gasteiger partial charge on any atom is -0.383 e. The molecule has 11 heavy (non-hydrogen) atoms. The predicted octanol–water partition coefficient (Wildman–Crippen LogP) is 1.48. The molecular formula is C7H11N3S. The number of nitrogen functional groups attached to an aromatic ring is 1. The third-order valence-electron chi connectivity index (χ3n) is 1.26. The van der Waals surface area contributed by atoms with E-state index in [-0.39, 0.29) is 0 Å². The van der Waals surface area contributed by atoms with E-state index in [1.165, 1.54) is 0 Å². The molecule has 3 nitrogen and oxygen atoms in total. The second-order valence-electron chi connectivity index (χ2n) is 2.15. The number of hydrogen-bond acceptors (Lipinski definition) is 4. The number of aryl methyl sites for hydroxylation is 1. The summed E-state index contributed by atoms with van der Waals surface area (Å²) in [6, 6.07) is 0. The largest absolute Gasteiger partial charge is 0.383 e. The van der Waals surface area contributed by atoms with Crippen LogP contribution in [-0.2, 0) is 0 Å². The zero-order chi connectivity index (χ0) is 8.27. The molecule has 1 aromatic heterocycles. The molecular weight excluding hydrogens is 158 g/mol. The molecule has 0 atom stereocenters. The van der Waals surface area contributed by atoms with E-state index in [2.05, 4.69) is 16.9 Å². The van der Waals surface area contributed by atoms with Crippen molar-refractivity contribution in [1.29, 1.82) is 0 Å². The van der Waals surface area contributed by atoms with Crippen LogP contribution in [0.4, 0.5) is 5.82 Å². The van der Waals surface area contributed by atoms with Gasteiger partial charge in [0.15, 0.2) is 5.16 Å². The number of aromatic nitrogens is 2. The average Bonchev–Trinajstić information content (AvgIpc) is 1.98. The molecule has 0 amide bonds.